The topological polar surface area (TPSA) is 78.7 Å². The maximum Gasteiger partial charge on any atom is 0.230 e. The summed E-state index contributed by atoms with van der Waals surface area (Å²) in [5, 5.41) is 12.8. The molecule has 0 spiro atoms. The van der Waals surface area contributed by atoms with Gasteiger partial charge in [-0.1, -0.05) is 72.4 Å². The van der Waals surface area contributed by atoms with Crippen LogP contribution in [0.4, 0.5) is 0 Å². The quantitative estimate of drug-likeness (QED) is 0.525. The SMILES string of the molecule is Cc1nc(-c2ccccc2)nc(SCC(=O)NCc2ccccc2)c1C#N. The van der Waals surface area contributed by atoms with Crippen LogP contribution in [0.3, 0.4) is 0 Å². The molecular weight excluding hydrogens is 356 g/mol. The fourth-order valence-electron chi connectivity index (χ4n) is 2.48. The molecule has 6 heteroatoms. The summed E-state index contributed by atoms with van der Waals surface area (Å²) in [7, 11) is 0. The number of hydrogen-bond donors (Lipinski definition) is 1. The van der Waals surface area contributed by atoms with Gasteiger partial charge in [-0.25, -0.2) is 9.97 Å². The van der Waals surface area contributed by atoms with Gasteiger partial charge in [0.25, 0.3) is 0 Å². The Kier molecular flexibility index (Phi) is 6.18. The van der Waals surface area contributed by atoms with Gasteiger partial charge in [-0.15, -0.1) is 0 Å². The minimum Gasteiger partial charge on any atom is -0.351 e. The van der Waals surface area contributed by atoms with Crippen molar-refractivity contribution in [1.29, 1.82) is 5.26 Å². The molecule has 0 radical (unpaired) electrons. The molecule has 1 amide bonds. The second-order valence-corrected chi connectivity index (χ2v) is 6.81. The molecule has 0 aliphatic heterocycles. The van der Waals surface area contributed by atoms with Crippen molar-refractivity contribution in [2.24, 2.45) is 0 Å². The Morgan fingerprint density at radius 3 is 2.41 bits per heavy atom. The number of aryl methyl sites for hydroxylation is 1. The summed E-state index contributed by atoms with van der Waals surface area (Å²) in [5.41, 5.74) is 2.94. The zero-order chi connectivity index (χ0) is 19.1. The molecule has 0 fully saturated rings. The average molecular weight is 374 g/mol. The zero-order valence-electron chi connectivity index (χ0n) is 14.8. The van der Waals surface area contributed by atoms with Crippen LogP contribution >= 0.6 is 11.8 Å². The third-order valence-electron chi connectivity index (χ3n) is 3.87. The molecule has 0 bridgehead atoms. The van der Waals surface area contributed by atoms with Gasteiger partial charge in [0.2, 0.25) is 5.91 Å². The maximum atomic E-state index is 12.2. The largest absolute Gasteiger partial charge is 0.351 e. The Morgan fingerprint density at radius 2 is 1.74 bits per heavy atom. The van der Waals surface area contributed by atoms with E-state index in [1.165, 1.54) is 11.8 Å². The predicted molar refractivity (Wildman–Crippen MR) is 106 cm³/mol. The monoisotopic (exact) mass is 374 g/mol. The van der Waals surface area contributed by atoms with Crippen LogP contribution in [0, 0.1) is 18.3 Å². The zero-order valence-corrected chi connectivity index (χ0v) is 15.7. The van der Waals surface area contributed by atoms with E-state index in [-0.39, 0.29) is 11.7 Å². The lowest BCUT2D eigenvalue weighted by molar-refractivity contribution is -0.118. The second kappa shape index (κ2) is 8.97. The normalized spacial score (nSPS) is 10.2. The highest BCUT2D eigenvalue weighted by Crippen LogP contribution is 2.25. The molecule has 134 valence electrons. The van der Waals surface area contributed by atoms with Gasteiger partial charge < -0.3 is 5.32 Å². The molecule has 5 nitrogen and oxygen atoms in total. The van der Waals surface area contributed by atoms with Crippen molar-refractivity contribution in [3.8, 4) is 17.5 Å². The predicted octanol–water partition coefficient (Wildman–Crippen LogP) is 3.73. The van der Waals surface area contributed by atoms with Gasteiger partial charge in [0.15, 0.2) is 5.82 Å². The van der Waals surface area contributed by atoms with E-state index in [9.17, 15) is 10.1 Å². The molecule has 0 saturated carbocycles. The molecule has 3 aromatic rings. The molecule has 0 atom stereocenters. The number of carbonyl (C=O) groups is 1. The average Bonchev–Trinajstić information content (AvgIpc) is 2.71. The van der Waals surface area contributed by atoms with E-state index >= 15 is 0 Å². The molecule has 1 aromatic heterocycles. The Balaban J connectivity index is 1.71. The van der Waals surface area contributed by atoms with Crippen molar-refractivity contribution >= 4 is 17.7 Å². The van der Waals surface area contributed by atoms with E-state index in [0.717, 1.165) is 11.1 Å². The molecule has 2 aromatic carbocycles. The second-order valence-electron chi connectivity index (χ2n) is 5.84. The van der Waals surface area contributed by atoms with Crippen molar-refractivity contribution in [2.45, 2.75) is 18.5 Å². The number of rotatable bonds is 6. The number of hydrogen-bond acceptors (Lipinski definition) is 5. The number of nitrogens with zero attached hydrogens (tertiary/aromatic N) is 3. The van der Waals surface area contributed by atoms with Crippen LogP contribution in [0.1, 0.15) is 16.8 Å². The van der Waals surface area contributed by atoms with Crippen LogP contribution < -0.4 is 5.32 Å². The van der Waals surface area contributed by atoms with E-state index < -0.39 is 0 Å². The van der Waals surface area contributed by atoms with E-state index in [4.69, 9.17) is 0 Å². The third-order valence-corrected chi connectivity index (χ3v) is 4.85. The van der Waals surface area contributed by atoms with Crippen LogP contribution in [0.15, 0.2) is 65.7 Å². The number of amides is 1. The summed E-state index contributed by atoms with van der Waals surface area (Å²) in [6, 6.07) is 21.5. The van der Waals surface area contributed by atoms with Gasteiger partial charge in [0.05, 0.1) is 11.4 Å². The minimum atomic E-state index is -0.106. The highest BCUT2D eigenvalue weighted by atomic mass is 32.2. The fraction of sp³-hybridized carbons (Fsp3) is 0.143. The Labute approximate surface area is 162 Å². The summed E-state index contributed by atoms with van der Waals surface area (Å²) in [5.74, 6) is 0.635. The highest BCUT2D eigenvalue weighted by Gasteiger charge is 2.14. The Hall–Kier alpha value is -3.17. The van der Waals surface area contributed by atoms with Crippen LogP contribution in [-0.2, 0) is 11.3 Å². The number of aromatic nitrogens is 2. The van der Waals surface area contributed by atoms with Crippen molar-refractivity contribution in [2.75, 3.05) is 5.75 Å². The minimum absolute atomic E-state index is 0.106. The van der Waals surface area contributed by atoms with Gasteiger partial charge in [0, 0.05) is 12.1 Å². The van der Waals surface area contributed by atoms with Crippen LogP contribution in [0.2, 0.25) is 0 Å². The fourth-order valence-corrected chi connectivity index (χ4v) is 3.34. The van der Waals surface area contributed by atoms with Crippen molar-refractivity contribution in [1.82, 2.24) is 15.3 Å². The first kappa shape index (κ1) is 18.6. The number of benzene rings is 2. The lowest BCUT2D eigenvalue weighted by Gasteiger charge is -2.09. The first-order valence-electron chi connectivity index (χ1n) is 8.45. The smallest absolute Gasteiger partial charge is 0.230 e. The molecule has 1 heterocycles. The summed E-state index contributed by atoms with van der Waals surface area (Å²) >= 11 is 1.25. The van der Waals surface area contributed by atoms with E-state index in [2.05, 4.69) is 21.4 Å². The van der Waals surface area contributed by atoms with Crippen molar-refractivity contribution < 1.29 is 4.79 Å². The van der Waals surface area contributed by atoms with Crippen molar-refractivity contribution in [3.05, 3.63) is 77.5 Å². The lowest BCUT2D eigenvalue weighted by Crippen LogP contribution is -2.24. The van der Waals surface area contributed by atoms with Crippen LogP contribution in [0.5, 0.6) is 0 Å². The standard InChI is InChI=1S/C21H18N4OS/c1-15-18(12-22)21(25-20(24-15)17-10-6-3-7-11-17)27-14-19(26)23-13-16-8-4-2-5-9-16/h2-11H,13-14H2,1H3,(H,23,26). The molecule has 1 N–H and O–H groups in total. The van der Waals surface area contributed by atoms with E-state index in [1.54, 1.807) is 6.92 Å². The molecule has 0 saturated heterocycles. The molecule has 0 aliphatic carbocycles. The number of nitrogens with one attached hydrogen (secondary N) is 1. The summed E-state index contributed by atoms with van der Waals surface area (Å²) < 4.78 is 0. The first-order valence-corrected chi connectivity index (χ1v) is 9.43. The number of thioether (sulfide) groups is 1. The molecule has 27 heavy (non-hydrogen) atoms. The van der Waals surface area contributed by atoms with Gasteiger partial charge in [-0.3, -0.25) is 4.79 Å². The first-order chi connectivity index (χ1) is 13.2. The van der Waals surface area contributed by atoms with Gasteiger partial charge in [0.1, 0.15) is 16.7 Å². The molecule has 0 aliphatic rings. The number of nitriles is 1. The van der Waals surface area contributed by atoms with E-state index in [1.807, 2.05) is 60.7 Å². The molecule has 0 unspecified atom stereocenters. The summed E-state index contributed by atoms with van der Waals surface area (Å²) in [6.45, 7) is 2.26. The van der Waals surface area contributed by atoms with Gasteiger partial charge in [-0.05, 0) is 12.5 Å². The number of carbonyl (C=O) groups excluding carboxylic acids is 1. The van der Waals surface area contributed by atoms with Gasteiger partial charge >= 0.3 is 0 Å². The lowest BCUT2D eigenvalue weighted by atomic mass is 10.2. The Morgan fingerprint density at radius 1 is 1.07 bits per heavy atom. The summed E-state index contributed by atoms with van der Waals surface area (Å²) in [4.78, 5) is 21.1. The van der Waals surface area contributed by atoms with Crippen LogP contribution in [-0.4, -0.2) is 21.6 Å². The third kappa shape index (κ3) is 4.93. The maximum absolute atomic E-state index is 12.2. The highest BCUT2D eigenvalue weighted by molar-refractivity contribution is 8.00. The van der Waals surface area contributed by atoms with Gasteiger partial charge in [-0.2, -0.15) is 5.26 Å². The molecule has 3 rings (SSSR count). The van der Waals surface area contributed by atoms with Crippen molar-refractivity contribution in [3.63, 3.8) is 0 Å². The summed E-state index contributed by atoms with van der Waals surface area (Å²) in [6.07, 6.45) is 0. The van der Waals surface area contributed by atoms with E-state index in [0.29, 0.717) is 28.7 Å². The van der Waals surface area contributed by atoms with Crippen LogP contribution in [0.25, 0.3) is 11.4 Å². The molecular formula is C21H18N4OS. The Bertz CT molecular complexity index is 969.